The molecule has 3 saturated carbocycles. The maximum atomic E-state index is 6.04. The molecular weight excluding hydrogens is 98.1 g/mol. The van der Waals surface area contributed by atoms with Crippen molar-refractivity contribution in [2.45, 2.75) is 31.2 Å². The highest BCUT2D eigenvalue weighted by molar-refractivity contribution is 5.38. The fourth-order valence-corrected chi connectivity index (χ4v) is 3.13. The zero-order valence-corrected chi connectivity index (χ0v) is 4.98. The first-order chi connectivity index (χ1) is 3.80. The summed E-state index contributed by atoms with van der Waals surface area (Å²) < 4.78 is 0. The van der Waals surface area contributed by atoms with Crippen molar-refractivity contribution in [2.75, 3.05) is 0 Å². The number of rotatable bonds is 0. The summed E-state index contributed by atoms with van der Waals surface area (Å²) in [7, 11) is 0. The molecule has 1 heteroatoms. The normalized spacial score (nSPS) is 73.9. The highest BCUT2D eigenvalue weighted by Gasteiger charge is 2.84. The lowest BCUT2D eigenvalue weighted by atomic mass is 9.74. The molecular formula is C7H11N. The highest BCUT2D eigenvalue weighted by Crippen LogP contribution is 2.83. The number of hydrogen-bond donors (Lipinski definition) is 1. The second kappa shape index (κ2) is 0.688. The summed E-state index contributed by atoms with van der Waals surface area (Å²) in [6, 6.07) is 0. The topological polar surface area (TPSA) is 26.0 Å². The van der Waals surface area contributed by atoms with E-state index in [4.69, 9.17) is 5.73 Å². The molecule has 3 atom stereocenters. The first kappa shape index (κ1) is 3.89. The Balaban J connectivity index is 2.10. The SMILES string of the molecule is NC12CCC13CCC23. The van der Waals surface area contributed by atoms with Gasteiger partial charge >= 0.3 is 0 Å². The van der Waals surface area contributed by atoms with Gasteiger partial charge in [0.05, 0.1) is 0 Å². The van der Waals surface area contributed by atoms with Crippen molar-refractivity contribution >= 4 is 0 Å². The molecule has 0 bridgehead atoms. The zero-order chi connectivity index (χ0) is 5.41. The summed E-state index contributed by atoms with van der Waals surface area (Å²) in [5, 5.41) is 0. The van der Waals surface area contributed by atoms with Crippen molar-refractivity contribution in [3.8, 4) is 0 Å². The molecule has 1 spiro atoms. The summed E-state index contributed by atoms with van der Waals surface area (Å²) in [5.41, 5.74) is 7.17. The maximum absolute atomic E-state index is 6.04. The van der Waals surface area contributed by atoms with Crippen LogP contribution in [0.4, 0.5) is 0 Å². The molecule has 3 aliphatic carbocycles. The highest BCUT2D eigenvalue weighted by atomic mass is 15.0. The van der Waals surface area contributed by atoms with Crippen molar-refractivity contribution in [3.63, 3.8) is 0 Å². The lowest BCUT2D eigenvalue weighted by Gasteiger charge is -2.33. The Morgan fingerprint density at radius 3 is 2.12 bits per heavy atom. The van der Waals surface area contributed by atoms with Gasteiger partial charge in [-0.25, -0.2) is 0 Å². The standard InChI is InChI=1S/C7H11N/c8-7-4-3-6(7)2-1-5(6)7/h5H,1-4,8H2. The first-order valence-electron chi connectivity index (χ1n) is 3.58. The van der Waals surface area contributed by atoms with Gasteiger partial charge in [0.2, 0.25) is 0 Å². The lowest BCUT2D eigenvalue weighted by Crippen LogP contribution is -2.38. The average molecular weight is 109 g/mol. The molecule has 0 aromatic rings. The van der Waals surface area contributed by atoms with E-state index < -0.39 is 0 Å². The molecule has 0 aliphatic heterocycles. The second-order valence-corrected chi connectivity index (χ2v) is 3.79. The van der Waals surface area contributed by atoms with E-state index >= 15 is 0 Å². The predicted octanol–water partition coefficient (Wildman–Crippen LogP) is 0.888. The van der Waals surface area contributed by atoms with Crippen LogP contribution in [0.15, 0.2) is 0 Å². The van der Waals surface area contributed by atoms with Crippen molar-refractivity contribution in [1.29, 1.82) is 0 Å². The molecule has 0 saturated heterocycles. The van der Waals surface area contributed by atoms with Gasteiger partial charge in [-0.05, 0) is 37.0 Å². The van der Waals surface area contributed by atoms with Crippen LogP contribution in [0.2, 0.25) is 0 Å². The molecule has 3 unspecified atom stereocenters. The van der Waals surface area contributed by atoms with Crippen molar-refractivity contribution in [1.82, 2.24) is 0 Å². The molecule has 44 valence electrons. The van der Waals surface area contributed by atoms with Gasteiger partial charge < -0.3 is 5.73 Å². The van der Waals surface area contributed by atoms with Crippen LogP contribution >= 0.6 is 0 Å². The minimum atomic E-state index is 0.396. The van der Waals surface area contributed by atoms with Crippen LogP contribution in [0.3, 0.4) is 0 Å². The molecule has 8 heavy (non-hydrogen) atoms. The number of nitrogens with two attached hydrogens (primary N) is 1. The van der Waals surface area contributed by atoms with Crippen LogP contribution in [0.25, 0.3) is 0 Å². The largest absolute Gasteiger partial charge is 0.324 e. The van der Waals surface area contributed by atoms with Gasteiger partial charge in [-0.3, -0.25) is 0 Å². The van der Waals surface area contributed by atoms with Crippen LogP contribution in [0.1, 0.15) is 25.7 Å². The van der Waals surface area contributed by atoms with Crippen molar-refractivity contribution in [3.05, 3.63) is 0 Å². The fraction of sp³-hybridized carbons (Fsp3) is 1.00. The number of fused-ring (bicyclic) bond motifs is 1. The van der Waals surface area contributed by atoms with Crippen molar-refractivity contribution < 1.29 is 0 Å². The quantitative estimate of drug-likeness (QED) is 0.491. The van der Waals surface area contributed by atoms with Crippen LogP contribution in [-0.4, -0.2) is 5.54 Å². The number of hydrogen-bond acceptors (Lipinski definition) is 1. The minimum Gasteiger partial charge on any atom is -0.324 e. The monoisotopic (exact) mass is 109 g/mol. The molecule has 3 aliphatic rings. The Kier molecular flexibility index (Phi) is 0.334. The van der Waals surface area contributed by atoms with E-state index in [1.165, 1.54) is 25.7 Å². The smallest absolute Gasteiger partial charge is 0.0249 e. The van der Waals surface area contributed by atoms with E-state index in [1.54, 1.807) is 0 Å². The van der Waals surface area contributed by atoms with Gasteiger partial charge in [-0.15, -0.1) is 0 Å². The molecule has 0 aromatic carbocycles. The second-order valence-electron chi connectivity index (χ2n) is 3.79. The summed E-state index contributed by atoms with van der Waals surface area (Å²) in [4.78, 5) is 0. The molecule has 0 amide bonds. The third-order valence-electron chi connectivity index (χ3n) is 4.00. The van der Waals surface area contributed by atoms with E-state index in [1.807, 2.05) is 0 Å². The summed E-state index contributed by atoms with van der Waals surface area (Å²) >= 11 is 0. The van der Waals surface area contributed by atoms with Gasteiger partial charge in [0.25, 0.3) is 0 Å². The van der Waals surface area contributed by atoms with Crippen LogP contribution < -0.4 is 5.73 Å². The molecule has 0 aromatic heterocycles. The molecule has 3 rings (SSSR count). The third kappa shape index (κ3) is 0.144. The summed E-state index contributed by atoms with van der Waals surface area (Å²) in [6.45, 7) is 0. The fourth-order valence-electron chi connectivity index (χ4n) is 3.13. The van der Waals surface area contributed by atoms with E-state index in [0.717, 1.165) is 11.3 Å². The summed E-state index contributed by atoms with van der Waals surface area (Å²) in [5.74, 6) is 0.981. The van der Waals surface area contributed by atoms with Crippen molar-refractivity contribution in [2.24, 2.45) is 17.1 Å². The van der Waals surface area contributed by atoms with E-state index in [2.05, 4.69) is 0 Å². The molecule has 0 radical (unpaired) electrons. The van der Waals surface area contributed by atoms with Gasteiger partial charge in [-0.1, -0.05) is 0 Å². The Hall–Kier alpha value is -0.0400. The van der Waals surface area contributed by atoms with Gasteiger partial charge in [-0.2, -0.15) is 0 Å². The van der Waals surface area contributed by atoms with E-state index in [-0.39, 0.29) is 0 Å². The molecule has 3 fully saturated rings. The van der Waals surface area contributed by atoms with Crippen LogP contribution in [0.5, 0.6) is 0 Å². The average Bonchev–Trinajstić information content (AvgIpc) is 1.78. The lowest BCUT2D eigenvalue weighted by molar-refractivity contribution is 0.198. The maximum Gasteiger partial charge on any atom is 0.0249 e. The minimum absolute atomic E-state index is 0.396. The van der Waals surface area contributed by atoms with E-state index in [0.29, 0.717) is 5.54 Å². The third-order valence-corrected chi connectivity index (χ3v) is 4.00. The van der Waals surface area contributed by atoms with E-state index in [9.17, 15) is 0 Å². The Bertz CT molecular complexity index is 150. The predicted molar refractivity (Wildman–Crippen MR) is 31.3 cm³/mol. The Labute approximate surface area is 49.3 Å². The molecule has 2 N–H and O–H groups in total. The Morgan fingerprint density at radius 1 is 1.25 bits per heavy atom. The zero-order valence-electron chi connectivity index (χ0n) is 4.98. The first-order valence-corrected chi connectivity index (χ1v) is 3.58. The van der Waals surface area contributed by atoms with Gasteiger partial charge in [0.1, 0.15) is 0 Å². The Morgan fingerprint density at radius 2 is 2.12 bits per heavy atom. The van der Waals surface area contributed by atoms with Crippen LogP contribution in [0, 0.1) is 11.3 Å². The molecule has 0 heterocycles. The van der Waals surface area contributed by atoms with Gasteiger partial charge in [0.15, 0.2) is 0 Å². The molecule has 1 nitrogen and oxygen atoms in total. The van der Waals surface area contributed by atoms with Gasteiger partial charge in [0, 0.05) is 5.54 Å². The summed E-state index contributed by atoms with van der Waals surface area (Å²) in [6.07, 6.45) is 5.68. The van der Waals surface area contributed by atoms with Crippen LogP contribution in [-0.2, 0) is 0 Å².